The number of benzene rings is 1. The van der Waals surface area contributed by atoms with Gasteiger partial charge in [-0.1, -0.05) is 37.3 Å². The van der Waals surface area contributed by atoms with Gasteiger partial charge in [0.2, 0.25) is 5.91 Å². The largest absolute Gasteiger partial charge is 0.477 e. The number of hydrogen-bond acceptors (Lipinski definition) is 3. The van der Waals surface area contributed by atoms with Gasteiger partial charge in [0.1, 0.15) is 5.70 Å². The van der Waals surface area contributed by atoms with Crippen LogP contribution in [0.2, 0.25) is 0 Å². The number of carboxylic acid groups (broad SMARTS) is 1. The summed E-state index contributed by atoms with van der Waals surface area (Å²) >= 11 is 0. The Morgan fingerprint density at radius 2 is 1.90 bits per heavy atom. The first kappa shape index (κ1) is 13.8. The van der Waals surface area contributed by atoms with Crippen LogP contribution in [0, 0.1) is 11.8 Å². The van der Waals surface area contributed by atoms with Crippen LogP contribution in [0.5, 0.6) is 0 Å². The van der Waals surface area contributed by atoms with Crippen molar-refractivity contribution in [1.29, 1.82) is 0 Å². The van der Waals surface area contributed by atoms with Crippen molar-refractivity contribution in [2.24, 2.45) is 11.8 Å². The fourth-order valence-corrected chi connectivity index (χ4v) is 3.57. The van der Waals surface area contributed by atoms with E-state index in [1.807, 2.05) is 37.3 Å². The minimum atomic E-state index is -1.10. The summed E-state index contributed by atoms with van der Waals surface area (Å²) < 4.78 is 0. The molecule has 0 unspecified atom stereocenters. The molecular weight excluding hydrogens is 270 g/mol. The molecule has 4 atom stereocenters. The summed E-state index contributed by atoms with van der Waals surface area (Å²) in [5, 5.41) is 19.3. The minimum absolute atomic E-state index is 0.0561. The lowest BCUT2D eigenvalue weighted by Crippen LogP contribution is -2.63. The van der Waals surface area contributed by atoms with E-state index in [0.717, 1.165) is 5.56 Å². The molecule has 0 aromatic heterocycles. The predicted molar refractivity (Wildman–Crippen MR) is 76.0 cm³/mol. The molecule has 2 heterocycles. The average molecular weight is 287 g/mol. The van der Waals surface area contributed by atoms with E-state index in [0.29, 0.717) is 5.57 Å². The van der Waals surface area contributed by atoms with Gasteiger partial charge in [-0.2, -0.15) is 0 Å². The zero-order valence-electron chi connectivity index (χ0n) is 11.9. The van der Waals surface area contributed by atoms with Crippen LogP contribution in [0.1, 0.15) is 19.4 Å². The Hall–Kier alpha value is -2.14. The second-order valence-corrected chi connectivity index (χ2v) is 5.69. The van der Waals surface area contributed by atoms with Crippen LogP contribution in [0.15, 0.2) is 36.0 Å². The Kier molecular flexibility index (Phi) is 3.10. The van der Waals surface area contributed by atoms with E-state index in [-0.39, 0.29) is 23.6 Å². The fraction of sp³-hybridized carbons (Fsp3) is 0.375. The molecule has 0 spiro atoms. The van der Waals surface area contributed by atoms with Crippen molar-refractivity contribution in [3.63, 3.8) is 0 Å². The second kappa shape index (κ2) is 4.70. The van der Waals surface area contributed by atoms with Gasteiger partial charge < -0.3 is 15.1 Å². The molecular formula is C16H17NO4. The summed E-state index contributed by atoms with van der Waals surface area (Å²) in [6, 6.07) is 8.99. The van der Waals surface area contributed by atoms with Gasteiger partial charge in [0, 0.05) is 5.92 Å². The number of aliphatic hydroxyl groups is 1. The quantitative estimate of drug-likeness (QED) is 0.822. The van der Waals surface area contributed by atoms with Crippen molar-refractivity contribution in [1.82, 2.24) is 4.90 Å². The van der Waals surface area contributed by atoms with Gasteiger partial charge in [0.25, 0.3) is 0 Å². The van der Waals surface area contributed by atoms with Crippen molar-refractivity contribution in [2.75, 3.05) is 0 Å². The number of aliphatic carboxylic acids is 1. The summed E-state index contributed by atoms with van der Waals surface area (Å²) in [7, 11) is 0. The fourth-order valence-electron chi connectivity index (χ4n) is 3.57. The smallest absolute Gasteiger partial charge is 0.352 e. The molecule has 2 N–H and O–H groups in total. The molecule has 21 heavy (non-hydrogen) atoms. The van der Waals surface area contributed by atoms with Crippen molar-refractivity contribution in [3.8, 4) is 0 Å². The average Bonchev–Trinajstić information content (AvgIpc) is 2.69. The lowest BCUT2D eigenvalue weighted by atomic mass is 9.77. The van der Waals surface area contributed by atoms with Gasteiger partial charge in [-0.05, 0) is 18.1 Å². The molecule has 1 aromatic carbocycles. The summed E-state index contributed by atoms with van der Waals surface area (Å²) in [5.74, 6) is -2.03. The minimum Gasteiger partial charge on any atom is -0.477 e. The van der Waals surface area contributed by atoms with E-state index < -0.39 is 18.0 Å². The predicted octanol–water partition coefficient (Wildman–Crippen LogP) is 1.34. The maximum absolute atomic E-state index is 12.2. The van der Waals surface area contributed by atoms with Crippen LogP contribution >= 0.6 is 0 Å². The van der Waals surface area contributed by atoms with Gasteiger partial charge >= 0.3 is 5.97 Å². The lowest BCUT2D eigenvalue weighted by molar-refractivity contribution is -0.163. The second-order valence-electron chi connectivity index (χ2n) is 5.69. The topological polar surface area (TPSA) is 77.8 Å². The van der Waals surface area contributed by atoms with Gasteiger partial charge in [0.15, 0.2) is 0 Å². The van der Waals surface area contributed by atoms with E-state index in [9.17, 15) is 19.8 Å². The first-order valence-electron chi connectivity index (χ1n) is 6.99. The number of β-lactam (4-membered cyclic amide) rings is 1. The summed E-state index contributed by atoms with van der Waals surface area (Å²) in [4.78, 5) is 25.2. The zero-order chi connectivity index (χ0) is 15.3. The van der Waals surface area contributed by atoms with Crippen molar-refractivity contribution in [2.45, 2.75) is 26.0 Å². The molecule has 3 rings (SSSR count). The number of amides is 1. The highest BCUT2D eigenvalue weighted by Crippen LogP contribution is 2.50. The Morgan fingerprint density at radius 1 is 1.29 bits per heavy atom. The standard InChI is InChI=1S/C16H17NO4/c1-8-11(10-6-4-3-5-7-10)14(16(20)21)17-13(8)12(9(2)18)15(17)19/h3-9,12-13,18H,1-2H3,(H,20,21)/t8-,9+,12+,13+/m0/s1. The number of carbonyl (C=O) groups is 2. The van der Waals surface area contributed by atoms with Crippen molar-refractivity contribution >= 4 is 17.4 Å². The van der Waals surface area contributed by atoms with E-state index in [1.165, 1.54) is 4.90 Å². The molecule has 5 nitrogen and oxygen atoms in total. The molecule has 1 saturated heterocycles. The number of aliphatic hydroxyl groups excluding tert-OH is 1. The molecule has 110 valence electrons. The highest BCUT2D eigenvalue weighted by atomic mass is 16.4. The highest BCUT2D eigenvalue weighted by Gasteiger charge is 2.59. The van der Waals surface area contributed by atoms with Crippen LogP contribution in [0.4, 0.5) is 0 Å². The monoisotopic (exact) mass is 287 g/mol. The number of nitrogens with zero attached hydrogens (tertiary/aromatic N) is 1. The number of carboxylic acids is 1. The third-order valence-electron chi connectivity index (χ3n) is 4.46. The van der Waals surface area contributed by atoms with E-state index >= 15 is 0 Å². The molecule has 5 heteroatoms. The normalized spacial score (nSPS) is 29.2. The third kappa shape index (κ3) is 1.81. The van der Waals surface area contributed by atoms with Crippen LogP contribution in [0.3, 0.4) is 0 Å². The van der Waals surface area contributed by atoms with Crippen molar-refractivity contribution in [3.05, 3.63) is 41.6 Å². The molecule has 1 aromatic rings. The van der Waals surface area contributed by atoms with Crippen molar-refractivity contribution < 1.29 is 19.8 Å². The molecule has 2 aliphatic heterocycles. The molecule has 0 aliphatic carbocycles. The first-order valence-corrected chi connectivity index (χ1v) is 6.99. The number of rotatable bonds is 3. The third-order valence-corrected chi connectivity index (χ3v) is 4.46. The first-order chi connectivity index (χ1) is 9.95. The summed E-state index contributed by atoms with van der Waals surface area (Å²) in [5.41, 5.74) is 1.54. The van der Waals surface area contributed by atoms with Gasteiger partial charge in [-0.25, -0.2) is 4.79 Å². The Balaban J connectivity index is 2.11. The van der Waals surface area contributed by atoms with Crippen LogP contribution in [0.25, 0.3) is 5.57 Å². The lowest BCUT2D eigenvalue weighted by Gasteiger charge is -2.46. The van der Waals surface area contributed by atoms with Gasteiger partial charge in [-0.3, -0.25) is 4.79 Å². The Morgan fingerprint density at radius 3 is 2.43 bits per heavy atom. The molecule has 0 bridgehead atoms. The molecule has 1 amide bonds. The maximum Gasteiger partial charge on any atom is 0.352 e. The van der Waals surface area contributed by atoms with E-state index in [2.05, 4.69) is 0 Å². The Labute approximate surface area is 122 Å². The summed E-state index contributed by atoms with van der Waals surface area (Å²) in [6.07, 6.45) is -0.772. The Bertz CT molecular complexity index is 635. The van der Waals surface area contributed by atoms with E-state index in [4.69, 9.17) is 0 Å². The van der Waals surface area contributed by atoms with E-state index in [1.54, 1.807) is 6.92 Å². The highest BCUT2D eigenvalue weighted by molar-refractivity contribution is 6.06. The zero-order valence-corrected chi connectivity index (χ0v) is 11.9. The maximum atomic E-state index is 12.2. The van der Waals surface area contributed by atoms with Crippen LogP contribution in [-0.2, 0) is 9.59 Å². The van der Waals surface area contributed by atoms with Crippen LogP contribution in [-0.4, -0.2) is 39.1 Å². The van der Waals surface area contributed by atoms with Crippen LogP contribution < -0.4 is 0 Å². The van der Waals surface area contributed by atoms with Gasteiger partial charge in [-0.15, -0.1) is 0 Å². The summed E-state index contributed by atoms with van der Waals surface area (Å²) in [6.45, 7) is 3.49. The molecule has 1 fully saturated rings. The SMILES string of the molecule is C[C@@H](O)[C@H]1C(=O)N2C(C(=O)O)=C(c3ccccc3)[C@H](C)[C@H]12. The van der Waals surface area contributed by atoms with Gasteiger partial charge in [0.05, 0.1) is 18.1 Å². The number of fused-ring (bicyclic) bond motifs is 1. The number of carbonyl (C=O) groups excluding carboxylic acids is 1. The molecule has 2 aliphatic rings. The molecule has 0 radical (unpaired) electrons. The number of hydrogen-bond donors (Lipinski definition) is 2. The molecule has 0 saturated carbocycles.